The first-order chi connectivity index (χ1) is 8.81. The van der Waals surface area contributed by atoms with Crippen LogP contribution in [0.2, 0.25) is 0 Å². The second kappa shape index (κ2) is 6.56. The molecule has 0 aromatic heterocycles. The van der Waals surface area contributed by atoms with Crippen LogP contribution in [0.5, 0.6) is 0 Å². The van der Waals surface area contributed by atoms with Gasteiger partial charge in [-0.1, -0.05) is 37.1 Å². The summed E-state index contributed by atoms with van der Waals surface area (Å²) < 4.78 is 0. The monoisotopic (exact) mass is 242 g/mol. The molecule has 1 aromatic rings. The number of hydrogen-bond acceptors (Lipinski definition) is 2. The Morgan fingerprint density at radius 3 is 2.83 bits per heavy atom. The molecule has 0 aliphatic heterocycles. The van der Waals surface area contributed by atoms with Crippen molar-refractivity contribution in [1.29, 1.82) is 5.26 Å². The molecule has 1 N–H and O–H groups in total. The van der Waals surface area contributed by atoms with Gasteiger partial charge in [0, 0.05) is 6.04 Å². The number of nitriles is 1. The Labute approximate surface area is 110 Å². The number of benzene rings is 1. The molecule has 0 saturated heterocycles. The highest BCUT2D eigenvalue weighted by Crippen LogP contribution is 2.23. The summed E-state index contributed by atoms with van der Waals surface area (Å²) in [6.07, 6.45) is 5.76. The van der Waals surface area contributed by atoms with Crippen LogP contribution < -0.4 is 5.32 Å². The van der Waals surface area contributed by atoms with E-state index < -0.39 is 0 Å². The summed E-state index contributed by atoms with van der Waals surface area (Å²) in [5.41, 5.74) is 2.77. The largest absolute Gasteiger partial charge is 0.312 e. The Bertz CT molecular complexity index is 419. The Morgan fingerprint density at radius 2 is 2.06 bits per heavy atom. The van der Waals surface area contributed by atoms with Crippen molar-refractivity contribution in [2.24, 2.45) is 5.92 Å². The summed E-state index contributed by atoms with van der Waals surface area (Å²) in [4.78, 5) is 0. The third-order valence-electron chi connectivity index (χ3n) is 3.99. The van der Waals surface area contributed by atoms with Gasteiger partial charge in [0.15, 0.2) is 0 Å². The van der Waals surface area contributed by atoms with Gasteiger partial charge in [-0.3, -0.25) is 0 Å². The lowest BCUT2D eigenvalue weighted by atomic mass is 9.85. The summed E-state index contributed by atoms with van der Waals surface area (Å²) in [5.74, 6) is 0.218. The molecular formula is C16H22N2. The number of nitrogens with zero attached hydrogens (tertiary/aromatic N) is 1. The SMILES string of the molecule is Cc1ccccc1CCNC1CCCCC1C#N. The topological polar surface area (TPSA) is 35.8 Å². The van der Waals surface area contributed by atoms with Gasteiger partial charge in [-0.15, -0.1) is 0 Å². The Hall–Kier alpha value is -1.33. The zero-order valence-electron chi connectivity index (χ0n) is 11.2. The molecule has 0 radical (unpaired) electrons. The molecule has 1 aliphatic rings. The second-order valence-electron chi connectivity index (χ2n) is 5.26. The summed E-state index contributed by atoms with van der Waals surface area (Å²) in [6, 6.07) is 11.4. The van der Waals surface area contributed by atoms with Gasteiger partial charge in [0.05, 0.1) is 12.0 Å². The van der Waals surface area contributed by atoms with E-state index in [0.717, 1.165) is 25.8 Å². The molecule has 1 aromatic carbocycles. The fourth-order valence-corrected chi connectivity index (χ4v) is 2.81. The average molecular weight is 242 g/mol. The van der Waals surface area contributed by atoms with Crippen LogP contribution in [0, 0.1) is 24.2 Å². The van der Waals surface area contributed by atoms with Crippen LogP contribution in [0.1, 0.15) is 36.8 Å². The number of rotatable bonds is 4. The molecule has 2 rings (SSSR count). The molecule has 2 atom stereocenters. The molecule has 0 bridgehead atoms. The van der Waals surface area contributed by atoms with E-state index in [1.54, 1.807) is 0 Å². The van der Waals surface area contributed by atoms with Crippen LogP contribution in [-0.2, 0) is 6.42 Å². The molecule has 18 heavy (non-hydrogen) atoms. The van der Waals surface area contributed by atoms with Gasteiger partial charge >= 0.3 is 0 Å². The third kappa shape index (κ3) is 3.34. The van der Waals surface area contributed by atoms with Crippen molar-refractivity contribution < 1.29 is 0 Å². The van der Waals surface area contributed by atoms with Crippen molar-refractivity contribution in [3.8, 4) is 6.07 Å². The molecule has 2 nitrogen and oxygen atoms in total. The van der Waals surface area contributed by atoms with Crippen LogP contribution in [0.4, 0.5) is 0 Å². The standard InChI is InChI=1S/C16H22N2/c1-13-6-2-3-7-14(13)10-11-18-16-9-5-4-8-15(16)12-17/h2-3,6-7,15-16,18H,4-5,8-11H2,1H3. The third-order valence-corrected chi connectivity index (χ3v) is 3.99. The first kappa shape index (κ1) is 13.1. The first-order valence-electron chi connectivity index (χ1n) is 6.99. The summed E-state index contributed by atoms with van der Waals surface area (Å²) >= 11 is 0. The number of hydrogen-bond donors (Lipinski definition) is 1. The highest BCUT2D eigenvalue weighted by molar-refractivity contribution is 5.25. The first-order valence-corrected chi connectivity index (χ1v) is 6.99. The van der Waals surface area contributed by atoms with Gasteiger partial charge in [-0.2, -0.15) is 5.26 Å². The van der Waals surface area contributed by atoms with Crippen molar-refractivity contribution in [2.75, 3.05) is 6.54 Å². The van der Waals surface area contributed by atoms with E-state index in [1.165, 1.54) is 24.0 Å². The number of nitrogens with one attached hydrogen (secondary N) is 1. The van der Waals surface area contributed by atoms with Crippen LogP contribution in [0.15, 0.2) is 24.3 Å². The minimum absolute atomic E-state index is 0.218. The molecule has 2 heteroatoms. The van der Waals surface area contributed by atoms with E-state index >= 15 is 0 Å². The van der Waals surface area contributed by atoms with E-state index in [-0.39, 0.29) is 5.92 Å². The average Bonchev–Trinajstić information content (AvgIpc) is 2.41. The predicted octanol–water partition coefficient (Wildman–Crippen LogP) is 3.21. The highest BCUT2D eigenvalue weighted by atomic mass is 14.9. The maximum Gasteiger partial charge on any atom is 0.0672 e. The van der Waals surface area contributed by atoms with Crippen molar-refractivity contribution >= 4 is 0 Å². The van der Waals surface area contributed by atoms with Gasteiger partial charge in [0.2, 0.25) is 0 Å². The van der Waals surface area contributed by atoms with Gasteiger partial charge in [-0.05, 0) is 43.9 Å². The van der Waals surface area contributed by atoms with Crippen molar-refractivity contribution in [3.05, 3.63) is 35.4 Å². The zero-order valence-corrected chi connectivity index (χ0v) is 11.2. The van der Waals surface area contributed by atoms with Gasteiger partial charge in [0.1, 0.15) is 0 Å². The van der Waals surface area contributed by atoms with Crippen LogP contribution in [0.25, 0.3) is 0 Å². The lowest BCUT2D eigenvalue weighted by Crippen LogP contribution is -2.39. The minimum Gasteiger partial charge on any atom is -0.312 e. The Balaban J connectivity index is 1.81. The van der Waals surface area contributed by atoms with E-state index in [9.17, 15) is 0 Å². The van der Waals surface area contributed by atoms with Crippen molar-refractivity contribution in [3.63, 3.8) is 0 Å². The fourth-order valence-electron chi connectivity index (χ4n) is 2.81. The molecule has 0 heterocycles. The van der Waals surface area contributed by atoms with E-state index in [0.29, 0.717) is 6.04 Å². The van der Waals surface area contributed by atoms with E-state index in [2.05, 4.69) is 42.6 Å². The quantitative estimate of drug-likeness (QED) is 0.880. The van der Waals surface area contributed by atoms with E-state index in [1.807, 2.05) is 0 Å². The summed E-state index contributed by atoms with van der Waals surface area (Å²) in [6.45, 7) is 3.14. The molecule has 0 spiro atoms. The van der Waals surface area contributed by atoms with Crippen molar-refractivity contribution in [1.82, 2.24) is 5.32 Å². The maximum absolute atomic E-state index is 9.13. The van der Waals surface area contributed by atoms with Crippen LogP contribution >= 0.6 is 0 Å². The second-order valence-corrected chi connectivity index (χ2v) is 5.26. The molecule has 1 saturated carbocycles. The molecule has 0 amide bonds. The van der Waals surface area contributed by atoms with Gasteiger partial charge in [-0.25, -0.2) is 0 Å². The smallest absolute Gasteiger partial charge is 0.0672 e. The van der Waals surface area contributed by atoms with E-state index in [4.69, 9.17) is 5.26 Å². The van der Waals surface area contributed by atoms with Gasteiger partial charge < -0.3 is 5.32 Å². The molecule has 2 unspecified atom stereocenters. The Morgan fingerprint density at radius 1 is 1.28 bits per heavy atom. The molecule has 96 valence electrons. The van der Waals surface area contributed by atoms with Crippen LogP contribution in [0.3, 0.4) is 0 Å². The molecular weight excluding hydrogens is 220 g/mol. The van der Waals surface area contributed by atoms with Crippen molar-refractivity contribution in [2.45, 2.75) is 45.1 Å². The number of aryl methyl sites for hydroxylation is 1. The summed E-state index contributed by atoms with van der Waals surface area (Å²) in [5, 5.41) is 12.7. The molecule has 1 aliphatic carbocycles. The van der Waals surface area contributed by atoms with Gasteiger partial charge in [0.25, 0.3) is 0 Å². The summed E-state index contributed by atoms with van der Waals surface area (Å²) in [7, 11) is 0. The minimum atomic E-state index is 0.218. The normalized spacial score (nSPS) is 23.6. The lowest BCUT2D eigenvalue weighted by molar-refractivity contribution is 0.314. The lowest BCUT2D eigenvalue weighted by Gasteiger charge is -2.27. The Kier molecular flexibility index (Phi) is 4.78. The molecule has 1 fully saturated rings. The van der Waals surface area contributed by atoms with Crippen LogP contribution in [-0.4, -0.2) is 12.6 Å². The fraction of sp³-hybridized carbons (Fsp3) is 0.562. The highest BCUT2D eigenvalue weighted by Gasteiger charge is 2.23. The zero-order chi connectivity index (χ0) is 12.8. The predicted molar refractivity (Wildman–Crippen MR) is 74.2 cm³/mol. The maximum atomic E-state index is 9.13.